The molecule has 0 atom stereocenters. The molecule has 0 aromatic heterocycles. The second-order valence-corrected chi connectivity index (χ2v) is 5.94. The maximum Gasteiger partial charge on any atom is 0.172 e. The number of rotatable bonds is 2. The summed E-state index contributed by atoms with van der Waals surface area (Å²) in [7, 11) is 4.09. The highest BCUT2D eigenvalue weighted by atomic mass is 14.9. The molecule has 0 saturated carbocycles. The Morgan fingerprint density at radius 3 is 2.58 bits per heavy atom. The third-order valence-corrected chi connectivity index (χ3v) is 3.29. The lowest BCUT2D eigenvalue weighted by molar-refractivity contribution is -0.458. The third-order valence-electron chi connectivity index (χ3n) is 3.29. The number of hydrogen-bond donors (Lipinski definition) is 0. The molecule has 0 fully saturated rings. The average Bonchev–Trinajstić information content (AvgIpc) is 2.33. The predicted octanol–water partition coefficient (Wildman–Crippen LogP) is 3.10. The van der Waals surface area contributed by atoms with Crippen molar-refractivity contribution in [3.8, 4) is 0 Å². The molecule has 1 aromatic carbocycles. The standard InChI is InChI=1S/C17H23N2/c1-6-13(12-19(4)5)16-15-10-8-7-9-14(15)11-17(2,3)18-16/h6-10,12H,11H2,1-5H3/q+1/b13-6-. The second-order valence-electron chi connectivity index (χ2n) is 5.94. The van der Waals surface area contributed by atoms with Crippen LogP contribution in [0.1, 0.15) is 31.9 Å². The van der Waals surface area contributed by atoms with Gasteiger partial charge in [0, 0.05) is 5.56 Å². The Labute approximate surface area is 116 Å². The van der Waals surface area contributed by atoms with E-state index in [0.29, 0.717) is 0 Å². The van der Waals surface area contributed by atoms with E-state index in [1.807, 2.05) is 14.1 Å². The maximum atomic E-state index is 4.97. The summed E-state index contributed by atoms with van der Waals surface area (Å²) >= 11 is 0. The Bertz CT molecular complexity index is 571. The average molecular weight is 255 g/mol. The molecule has 1 heterocycles. The van der Waals surface area contributed by atoms with Gasteiger partial charge in [0.2, 0.25) is 0 Å². The Morgan fingerprint density at radius 1 is 1.26 bits per heavy atom. The minimum Gasteiger partial charge on any atom is -0.277 e. The van der Waals surface area contributed by atoms with Crippen molar-refractivity contribution in [2.45, 2.75) is 32.7 Å². The van der Waals surface area contributed by atoms with Crippen molar-refractivity contribution < 1.29 is 4.58 Å². The summed E-state index contributed by atoms with van der Waals surface area (Å²) in [4.78, 5) is 4.97. The quantitative estimate of drug-likeness (QED) is 0.570. The molecular weight excluding hydrogens is 232 g/mol. The molecule has 0 aliphatic carbocycles. The molecule has 0 saturated heterocycles. The van der Waals surface area contributed by atoms with Crippen LogP contribution in [0.4, 0.5) is 0 Å². The van der Waals surface area contributed by atoms with Crippen molar-refractivity contribution in [1.82, 2.24) is 0 Å². The summed E-state index contributed by atoms with van der Waals surface area (Å²) in [6.07, 6.45) is 5.28. The fourth-order valence-corrected chi connectivity index (χ4v) is 2.54. The highest BCUT2D eigenvalue weighted by Crippen LogP contribution is 2.28. The van der Waals surface area contributed by atoms with Gasteiger partial charge in [0.15, 0.2) is 6.21 Å². The molecule has 100 valence electrons. The lowest BCUT2D eigenvalue weighted by Gasteiger charge is -2.29. The second kappa shape index (κ2) is 5.12. The van der Waals surface area contributed by atoms with Crippen molar-refractivity contribution in [2.24, 2.45) is 4.99 Å². The predicted molar refractivity (Wildman–Crippen MR) is 82.7 cm³/mol. The normalized spacial score (nSPS) is 17.5. The molecule has 1 aromatic rings. The van der Waals surface area contributed by atoms with Crippen LogP contribution in [-0.2, 0) is 6.42 Å². The molecule has 2 rings (SSSR count). The fraction of sp³-hybridized carbons (Fsp3) is 0.412. The van der Waals surface area contributed by atoms with Gasteiger partial charge in [0.1, 0.15) is 14.1 Å². The summed E-state index contributed by atoms with van der Waals surface area (Å²) < 4.78 is 2.07. The lowest BCUT2D eigenvalue weighted by atomic mass is 9.85. The van der Waals surface area contributed by atoms with Crippen molar-refractivity contribution in [3.63, 3.8) is 0 Å². The van der Waals surface area contributed by atoms with E-state index in [4.69, 9.17) is 4.99 Å². The SMILES string of the molecule is C/C=C(/C=[N+](C)C)C1=NC(C)(C)Cc2ccccc21. The minimum absolute atomic E-state index is 0.0297. The molecule has 0 N–H and O–H groups in total. The van der Waals surface area contributed by atoms with Crippen LogP contribution in [0.5, 0.6) is 0 Å². The Balaban J connectivity index is 2.59. The van der Waals surface area contributed by atoms with Gasteiger partial charge in [-0.15, -0.1) is 0 Å². The first-order valence-electron chi connectivity index (χ1n) is 6.79. The maximum absolute atomic E-state index is 4.97. The molecule has 0 spiro atoms. The molecule has 0 bridgehead atoms. The molecule has 0 radical (unpaired) electrons. The molecule has 19 heavy (non-hydrogen) atoms. The van der Waals surface area contributed by atoms with E-state index in [2.05, 4.69) is 61.9 Å². The number of aliphatic imine (C=N–C) groups is 1. The highest BCUT2D eigenvalue weighted by molar-refractivity contribution is 6.24. The molecule has 2 heteroatoms. The van der Waals surface area contributed by atoms with Crippen LogP contribution in [-0.4, -0.2) is 36.1 Å². The first-order valence-corrected chi connectivity index (χ1v) is 6.79. The molecule has 0 unspecified atom stereocenters. The zero-order valence-corrected chi connectivity index (χ0v) is 12.6. The first-order chi connectivity index (χ1) is 8.93. The number of hydrogen-bond acceptors (Lipinski definition) is 1. The van der Waals surface area contributed by atoms with Gasteiger partial charge < -0.3 is 0 Å². The molecule has 1 aliphatic heterocycles. The number of allylic oxidation sites excluding steroid dienone is 2. The van der Waals surface area contributed by atoms with Gasteiger partial charge >= 0.3 is 0 Å². The molecule has 1 aliphatic rings. The van der Waals surface area contributed by atoms with Gasteiger partial charge in [0.25, 0.3) is 0 Å². The monoisotopic (exact) mass is 255 g/mol. The fourth-order valence-electron chi connectivity index (χ4n) is 2.54. The topological polar surface area (TPSA) is 15.4 Å². The van der Waals surface area contributed by atoms with Crippen LogP contribution in [0, 0.1) is 0 Å². The minimum atomic E-state index is -0.0297. The van der Waals surface area contributed by atoms with Crippen LogP contribution in [0.3, 0.4) is 0 Å². The van der Waals surface area contributed by atoms with E-state index in [0.717, 1.165) is 12.1 Å². The number of fused-ring (bicyclic) bond motifs is 1. The van der Waals surface area contributed by atoms with E-state index in [1.165, 1.54) is 16.7 Å². The Hall–Kier alpha value is -1.70. The summed E-state index contributed by atoms with van der Waals surface area (Å²) in [5.41, 5.74) is 4.93. The Kier molecular flexibility index (Phi) is 3.70. The number of nitrogens with zero attached hydrogens (tertiary/aromatic N) is 2. The van der Waals surface area contributed by atoms with Gasteiger partial charge in [-0.25, -0.2) is 4.58 Å². The lowest BCUT2D eigenvalue weighted by Crippen LogP contribution is -2.30. The largest absolute Gasteiger partial charge is 0.277 e. The zero-order valence-electron chi connectivity index (χ0n) is 12.6. The van der Waals surface area contributed by atoms with Gasteiger partial charge in [-0.05, 0) is 32.8 Å². The van der Waals surface area contributed by atoms with E-state index >= 15 is 0 Å². The van der Waals surface area contributed by atoms with Crippen LogP contribution in [0.2, 0.25) is 0 Å². The van der Waals surface area contributed by atoms with Crippen molar-refractivity contribution in [2.75, 3.05) is 14.1 Å². The van der Waals surface area contributed by atoms with Crippen LogP contribution < -0.4 is 0 Å². The van der Waals surface area contributed by atoms with E-state index in [-0.39, 0.29) is 5.54 Å². The van der Waals surface area contributed by atoms with E-state index in [9.17, 15) is 0 Å². The summed E-state index contributed by atoms with van der Waals surface area (Å²) in [5, 5.41) is 0. The van der Waals surface area contributed by atoms with E-state index < -0.39 is 0 Å². The molecule has 0 amide bonds. The van der Waals surface area contributed by atoms with Crippen LogP contribution in [0.25, 0.3) is 0 Å². The smallest absolute Gasteiger partial charge is 0.172 e. The van der Waals surface area contributed by atoms with Gasteiger partial charge in [0.05, 0.1) is 16.8 Å². The van der Waals surface area contributed by atoms with Gasteiger partial charge in [-0.2, -0.15) is 0 Å². The Morgan fingerprint density at radius 2 is 1.95 bits per heavy atom. The molecule has 2 nitrogen and oxygen atoms in total. The van der Waals surface area contributed by atoms with Gasteiger partial charge in [-0.1, -0.05) is 30.3 Å². The van der Waals surface area contributed by atoms with Crippen LogP contribution >= 0.6 is 0 Å². The zero-order chi connectivity index (χ0) is 14.0. The van der Waals surface area contributed by atoms with Crippen LogP contribution in [0.15, 0.2) is 40.9 Å². The highest BCUT2D eigenvalue weighted by Gasteiger charge is 2.27. The van der Waals surface area contributed by atoms with Gasteiger partial charge in [-0.3, -0.25) is 4.99 Å². The summed E-state index contributed by atoms with van der Waals surface area (Å²) in [6.45, 7) is 6.47. The first kappa shape index (κ1) is 13.7. The van der Waals surface area contributed by atoms with Crippen molar-refractivity contribution in [1.29, 1.82) is 0 Å². The molecular formula is C17H23N2+. The van der Waals surface area contributed by atoms with E-state index in [1.54, 1.807) is 0 Å². The third kappa shape index (κ3) is 3.01. The number of benzene rings is 1. The van der Waals surface area contributed by atoms with Crippen molar-refractivity contribution in [3.05, 3.63) is 47.0 Å². The summed E-state index contributed by atoms with van der Waals surface area (Å²) in [5.74, 6) is 0. The van der Waals surface area contributed by atoms with Crippen molar-refractivity contribution >= 4 is 11.9 Å². The summed E-state index contributed by atoms with van der Waals surface area (Å²) in [6, 6.07) is 8.60.